The fourth-order valence-corrected chi connectivity index (χ4v) is 2.88. The molecule has 1 amide bonds. The summed E-state index contributed by atoms with van der Waals surface area (Å²) < 4.78 is 0. The van der Waals surface area contributed by atoms with Gasteiger partial charge in [-0.15, -0.1) is 0 Å². The average Bonchev–Trinajstić information content (AvgIpc) is 2.68. The van der Waals surface area contributed by atoms with Crippen LogP contribution in [0.25, 0.3) is 0 Å². The first-order chi connectivity index (χ1) is 7.66. The summed E-state index contributed by atoms with van der Waals surface area (Å²) in [4.78, 5) is 12.0. The molecule has 2 fully saturated rings. The van der Waals surface area contributed by atoms with Gasteiger partial charge < -0.3 is 10.6 Å². The van der Waals surface area contributed by atoms with Crippen molar-refractivity contribution in [3.8, 4) is 0 Å². The molecule has 1 heterocycles. The van der Waals surface area contributed by atoms with Crippen molar-refractivity contribution in [1.82, 2.24) is 10.6 Å². The molecule has 0 aromatic carbocycles. The van der Waals surface area contributed by atoms with Crippen molar-refractivity contribution < 1.29 is 4.79 Å². The molecule has 1 saturated heterocycles. The van der Waals surface area contributed by atoms with Crippen molar-refractivity contribution in [1.29, 1.82) is 0 Å². The van der Waals surface area contributed by atoms with Gasteiger partial charge in [-0.1, -0.05) is 13.8 Å². The largest absolute Gasteiger partial charge is 0.352 e. The Morgan fingerprint density at radius 2 is 1.81 bits per heavy atom. The molecule has 1 aliphatic heterocycles. The molecule has 0 spiro atoms. The number of hydrogen-bond acceptors (Lipinski definition) is 2. The molecule has 0 aromatic heterocycles. The van der Waals surface area contributed by atoms with Gasteiger partial charge in [-0.3, -0.25) is 4.79 Å². The lowest BCUT2D eigenvalue weighted by atomic mass is 9.87. The third kappa shape index (κ3) is 2.76. The molecule has 2 unspecified atom stereocenters. The number of carbonyl (C=O) groups excluding carboxylic acids is 1. The van der Waals surface area contributed by atoms with Crippen LogP contribution in [0.3, 0.4) is 0 Å². The molecule has 0 radical (unpaired) electrons. The Balaban J connectivity index is 1.78. The van der Waals surface area contributed by atoms with E-state index in [9.17, 15) is 4.79 Å². The van der Waals surface area contributed by atoms with Crippen LogP contribution in [-0.4, -0.2) is 24.5 Å². The Kier molecular flexibility index (Phi) is 3.85. The fraction of sp³-hybridized carbons (Fsp3) is 0.923. The topological polar surface area (TPSA) is 41.1 Å². The van der Waals surface area contributed by atoms with Crippen LogP contribution in [0.1, 0.15) is 46.0 Å². The summed E-state index contributed by atoms with van der Waals surface area (Å²) in [5, 5.41) is 6.50. The first-order valence-corrected chi connectivity index (χ1v) is 6.70. The van der Waals surface area contributed by atoms with Crippen LogP contribution < -0.4 is 10.6 Å². The quantitative estimate of drug-likeness (QED) is 0.749. The number of hydrogen-bond donors (Lipinski definition) is 2. The predicted octanol–water partition coefficient (Wildman–Crippen LogP) is 1.68. The highest BCUT2D eigenvalue weighted by molar-refractivity contribution is 5.82. The zero-order valence-electron chi connectivity index (χ0n) is 10.5. The van der Waals surface area contributed by atoms with E-state index in [-0.39, 0.29) is 11.9 Å². The van der Waals surface area contributed by atoms with Crippen molar-refractivity contribution in [2.24, 2.45) is 11.8 Å². The molecule has 3 heteroatoms. The highest BCUT2D eigenvalue weighted by atomic mass is 16.2. The van der Waals surface area contributed by atoms with Gasteiger partial charge in [0.15, 0.2) is 0 Å². The van der Waals surface area contributed by atoms with Gasteiger partial charge in [0, 0.05) is 6.04 Å². The lowest BCUT2D eigenvalue weighted by Crippen LogP contribution is -2.48. The minimum Gasteiger partial charge on any atom is -0.352 e. The number of rotatable bonds is 2. The van der Waals surface area contributed by atoms with Crippen molar-refractivity contribution in [2.45, 2.75) is 58.0 Å². The van der Waals surface area contributed by atoms with Gasteiger partial charge >= 0.3 is 0 Å². The van der Waals surface area contributed by atoms with E-state index in [0.717, 1.165) is 31.7 Å². The van der Waals surface area contributed by atoms with Gasteiger partial charge in [0.25, 0.3) is 0 Å². The van der Waals surface area contributed by atoms with Crippen LogP contribution in [0, 0.1) is 11.8 Å². The Morgan fingerprint density at radius 3 is 2.38 bits per heavy atom. The molecule has 16 heavy (non-hydrogen) atoms. The highest BCUT2D eigenvalue weighted by Crippen LogP contribution is 2.24. The number of amides is 1. The maximum absolute atomic E-state index is 12.0. The summed E-state index contributed by atoms with van der Waals surface area (Å²) >= 11 is 0. The van der Waals surface area contributed by atoms with E-state index >= 15 is 0 Å². The van der Waals surface area contributed by atoms with E-state index in [1.54, 1.807) is 0 Å². The lowest BCUT2D eigenvalue weighted by molar-refractivity contribution is -0.124. The van der Waals surface area contributed by atoms with Crippen molar-refractivity contribution in [3.05, 3.63) is 0 Å². The molecule has 2 rings (SSSR count). The predicted molar refractivity (Wildman–Crippen MR) is 65.1 cm³/mol. The molecular weight excluding hydrogens is 200 g/mol. The highest BCUT2D eigenvalue weighted by Gasteiger charge is 2.30. The molecule has 2 atom stereocenters. The van der Waals surface area contributed by atoms with Crippen molar-refractivity contribution >= 4 is 5.91 Å². The summed E-state index contributed by atoms with van der Waals surface area (Å²) in [7, 11) is 0. The first kappa shape index (κ1) is 11.9. The zero-order chi connectivity index (χ0) is 11.5. The van der Waals surface area contributed by atoms with E-state index in [1.165, 1.54) is 12.8 Å². The van der Waals surface area contributed by atoms with Gasteiger partial charge in [-0.25, -0.2) is 0 Å². The summed E-state index contributed by atoms with van der Waals surface area (Å²) in [5.41, 5.74) is 0. The second-order valence-electron chi connectivity index (χ2n) is 5.66. The number of nitrogens with one attached hydrogen (secondary N) is 2. The minimum atomic E-state index is 0.0550. The third-order valence-corrected chi connectivity index (χ3v) is 4.18. The van der Waals surface area contributed by atoms with E-state index in [0.29, 0.717) is 12.0 Å². The normalized spacial score (nSPS) is 39.6. The Labute approximate surface area is 98.4 Å². The maximum atomic E-state index is 12.0. The van der Waals surface area contributed by atoms with Crippen molar-refractivity contribution in [3.63, 3.8) is 0 Å². The molecular formula is C13H24N2O. The second kappa shape index (κ2) is 5.17. The van der Waals surface area contributed by atoms with Crippen molar-refractivity contribution in [2.75, 3.05) is 6.54 Å². The van der Waals surface area contributed by atoms with Gasteiger partial charge in [0.1, 0.15) is 0 Å². The molecule has 92 valence electrons. The molecule has 0 aromatic rings. The Bertz CT molecular complexity index is 246. The minimum absolute atomic E-state index is 0.0550. The van der Waals surface area contributed by atoms with E-state index < -0.39 is 0 Å². The van der Waals surface area contributed by atoms with Crippen LogP contribution in [-0.2, 0) is 4.79 Å². The molecule has 0 bridgehead atoms. The summed E-state index contributed by atoms with van der Waals surface area (Å²) in [6.07, 6.45) is 5.97. The Hall–Kier alpha value is -0.570. The lowest BCUT2D eigenvalue weighted by Gasteiger charge is -2.28. The monoisotopic (exact) mass is 224 g/mol. The Morgan fingerprint density at radius 1 is 1.12 bits per heavy atom. The van der Waals surface area contributed by atoms with Crippen LogP contribution in [0.5, 0.6) is 0 Å². The van der Waals surface area contributed by atoms with E-state index in [2.05, 4.69) is 24.5 Å². The number of carbonyl (C=O) groups is 1. The van der Waals surface area contributed by atoms with E-state index in [1.807, 2.05) is 0 Å². The summed E-state index contributed by atoms with van der Waals surface area (Å²) in [5.74, 6) is 1.56. The van der Waals surface area contributed by atoms with Crippen LogP contribution in [0.4, 0.5) is 0 Å². The van der Waals surface area contributed by atoms with Gasteiger partial charge in [0.2, 0.25) is 5.91 Å². The molecule has 1 aliphatic carbocycles. The van der Waals surface area contributed by atoms with Gasteiger partial charge in [-0.2, -0.15) is 0 Å². The summed E-state index contributed by atoms with van der Waals surface area (Å²) in [6, 6.07) is 0.484. The van der Waals surface area contributed by atoms with Crippen LogP contribution in [0.15, 0.2) is 0 Å². The standard InChI is InChI=1S/C13H24N2O/c1-9-3-5-11(6-4-9)15-13(16)12-10(2)7-8-14-12/h9-12,14H,3-8H2,1-2H3,(H,15,16). The smallest absolute Gasteiger partial charge is 0.237 e. The average molecular weight is 224 g/mol. The molecule has 2 N–H and O–H groups in total. The zero-order valence-corrected chi connectivity index (χ0v) is 10.5. The molecule has 2 aliphatic rings. The maximum Gasteiger partial charge on any atom is 0.237 e. The van der Waals surface area contributed by atoms with Crippen LogP contribution >= 0.6 is 0 Å². The van der Waals surface area contributed by atoms with Crippen LogP contribution in [0.2, 0.25) is 0 Å². The van der Waals surface area contributed by atoms with Gasteiger partial charge in [-0.05, 0) is 50.5 Å². The first-order valence-electron chi connectivity index (χ1n) is 6.70. The van der Waals surface area contributed by atoms with E-state index in [4.69, 9.17) is 0 Å². The van der Waals surface area contributed by atoms with Gasteiger partial charge in [0.05, 0.1) is 6.04 Å². The third-order valence-electron chi connectivity index (χ3n) is 4.18. The molecule has 3 nitrogen and oxygen atoms in total. The summed E-state index contributed by atoms with van der Waals surface area (Å²) in [6.45, 7) is 5.45. The SMILES string of the molecule is CC1CCC(NC(=O)C2NCCC2C)CC1. The second-order valence-corrected chi connectivity index (χ2v) is 5.66. The fourth-order valence-electron chi connectivity index (χ4n) is 2.88. The molecule has 1 saturated carbocycles.